The standard InChI is InChI=1S/C15H26O2/c1-11(6-5-9-16)13-10-15(3,4)14(13)8-7-12(2)17/h13-14,16H,1,5-10H2,2-4H3/t13-,14-/m0/s1. The maximum Gasteiger partial charge on any atom is 0.129 e. The second-order valence-electron chi connectivity index (χ2n) is 6.13. The van der Waals surface area contributed by atoms with Crippen LogP contribution in [0.1, 0.15) is 52.9 Å². The third-order valence-corrected chi connectivity index (χ3v) is 4.22. The molecule has 1 N–H and O–H groups in total. The number of ketones is 1. The Bertz CT molecular complexity index is 291. The molecule has 17 heavy (non-hydrogen) atoms. The summed E-state index contributed by atoms with van der Waals surface area (Å²) >= 11 is 0. The maximum absolute atomic E-state index is 11.1. The summed E-state index contributed by atoms with van der Waals surface area (Å²) in [7, 11) is 0. The summed E-state index contributed by atoms with van der Waals surface area (Å²) < 4.78 is 0. The Morgan fingerprint density at radius 3 is 2.53 bits per heavy atom. The third-order valence-electron chi connectivity index (χ3n) is 4.22. The lowest BCUT2D eigenvalue weighted by Crippen LogP contribution is -2.44. The van der Waals surface area contributed by atoms with Crippen LogP contribution in [0.3, 0.4) is 0 Å². The first kappa shape index (κ1) is 14.4. The first-order valence-corrected chi connectivity index (χ1v) is 6.66. The summed E-state index contributed by atoms with van der Waals surface area (Å²) in [6.07, 6.45) is 4.60. The molecule has 98 valence electrons. The van der Waals surface area contributed by atoms with Crippen molar-refractivity contribution < 1.29 is 9.90 Å². The molecule has 2 atom stereocenters. The molecule has 1 rings (SSSR count). The van der Waals surface area contributed by atoms with Crippen LogP contribution in [0.25, 0.3) is 0 Å². The smallest absolute Gasteiger partial charge is 0.129 e. The Morgan fingerprint density at radius 1 is 1.41 bits per heavy atom. The monoisotopic (exact) mass is 238 g/mol. The predicted octanol–water partition coefficient (Wildman–Crippen LogP) is 3.35. The maximum atomic E-state index is 11.1. The third kappa shape index (κ3) is 3.67. The molecular formula is C15H26O2. The molecule has 0 amide bonds. The van der Waals surface area contributed by atoms with Gasteiger partial charge in [0.05, 0.1) is 0 Å². The van der Waals surface area contributed by atoms with Gasteiger partial charge in [-0.3, -0.25) is 0 Å². The van der Waals surface area contributed by atoms with Gasteiger partial charge in [0.15, 0.2) is 0 Å². The van der Waals surface area contributed by atoms with E-state index in [-0.39, 0.29) is 12.4 Å². The molecule has 1 aliphatic rings. The van der Waals surface area contributed by atoms with Gasteiger partial charge in [-0.2, -0.15) is 0 Å². The van der Waals surface area contributed by atoms with E-state index in [0.717, 1.165) is 19.3 Å². The summed E-state index contributed by atoms with van der Waals surface area (Å²) in [4.78, 5) is 11.1. The van der Waals surface area contributed by atoms with Crippen LogP contribution in [0, 0.1) is 17.3 Å². The molecule has 0 aliphatic heterocycles. The van der Waals surface area contributed by atoms with Crippen LogP contribution in [0.4, 0.5) is 0 Å². The largest absolute Gasteiger partial charge is 0.396 e. The van der Waals surface area contributed by atoms with Crippen molar-refractivity contribution in [1.82, 2.24) is 0 Å². The number of allylic oxidation sites excluding steroid dienone is 1. The lowest BCUT2D eigenvalue weighted by Gasteiger charge is -2.53. The van der Waals surface area contributed by atoms with E-state index in [1.54, 1.807) is 6.92 Å². The minimum Gasteiger partial charge on any atom is -0.396 e. The van der Waals surface area contributed by atoms with Crippen molar-refractivity contribution in [2.75, 3.05) is 6.61 Å². The number of hydrogen-bond donors (Lipinski definition) is 1. The summed E-state index contributed by atoms with van der Waals surface area (Å²) in [6.45, 7) is 10.6. The van der Waals surface area contributed by atoms with Crippen molar-refractivity contribution in [3.63, 3.8) is 0 Å². The zero-order chi connectivity index (χ0) is 13.1. The molecule has 1 saturated carbocycles. The van der Waals surface area contributed by atoms with Gasteiger partial charge in [-0.25, -0.2) is 0 Å². The van der Waals surface area contributed by atoms with E-state index in [0.29, 0.717) is 23.7 Å². The lowest BCUT2D eigenvalue weighted by atomic mass is 9.52. The zero-order valence-electron chi connectivity index (χ0n) is 11.5. The normalized spacial score (nSPS) is 26.4. The fraction of sp³-hybridized carbons (Fsp3) is 0.800. The van der Waals surface area contributed by atoms with E-state index in [1.807, 2.05) is 0 Å². The molecular weight excluding hydrogens is 212 g/mol. The number of aliphatic hydroxyl groups excluding tert-OH is 1. The summed E-state index contributed by atoms with van der Waals surface area (Å²) in [5.74, 6) is 1.45. The number of hydrogen-bond acceptors (Lipinski definition) is 2. The van der Waals surface area contributed by atoms with Crippen molar-refractivity contribution in [2.24, 2.45) is 17.3 Å². The Balaban J connectivity index is 2.50. The molecule has 1 aliphatic carbocycles. The summed E-state index contributed by atoms with van der Waals surface area (Å²) in [5, 5.41) is 8.85. The van der Waals surface area contributed by atoms with Crippen molar-refractivity contribution in [1.29, 1.82) is 0 Å². The van der Waals surface area contributed by atoms with Gasteiger partial charge in [0, 0.05) is 13.0 Å². The number of aliphatic hydroxyl groups is 1. The van der Waals surface area contributed by atoms with Crippen LogP contribution in [0.5, 0.6) is 0 Å². The van der Waals surface area contributed by atoms with Gasteiger partial charge in [-0.1, -0.05) is 26.0 Å². The van der Waals surface area contributed by atoms with Crippen LogP contribution in [0.15, 0.2) is 12.2 Å². The highest BCUT2D eigenvalue weighted by Crippen LogP contribution is 2.55. The Morgan fingerprint density at radius 2 is 2.06 bits per heavy atom. The van der Waals surface area contributed by atoms with Crippen LogP contribution in [-0.2, 0) is 4.79 Å². The number of carbonyl (C=O) groups is 1. The number of carbonyl (C=O) groups excluding carboxylic acids is 1. The highest BCUT2D eigenvalue weighted by atomic mass is 16.2. The molecule has 0 saturated heterocycles. The molecule has 0 spiro atoms. The SMILES string of the molecule is C=C(CCCO)[C@@H]1CC(C)(C)[C@H]1CCC(C)=O. The number of rotatable bonds is 7. The molecule has 2 heteroatoms. The summed E-state index contributed by atoms with van der Waals surface area (Å²) in [6, 6.07) is 0. The molecule has 0 unspecified atom stereocenters. The second kappa shape index (κ2) is 5.81. The highest BCUT2D eigenvalue weighted by molar-refractivity contribution is 5.75. The average Bonchev–Trinajstić information content (AvgIpc) is 2.22. The Kier molecular flexibility index (Phi) is 4.93. The zero-order valence-corrected chi connectivity index (χ0v) is 11.5. The summed E-state index contributed by atoms with van der Waals surface area (Å²) in [5.41, 5.74) is 1.62. The van der Waals surface area contributed by atoms with Crippen molar-refractivity contribution >= 4 is 5.78 Å². The first-order chi connectivity index (χ1) is 7.88. The van der Waals surface area contributed by atoms with Gasteiger partial charge < -0.3 is 9.90 Å². The Hall–Kier alpha value is -0.630. The van der Waals surface area contributed by atoms with Gasteiger partial charge in [0.1, 0.15) is 5.78 Å². The van der Waals surface area contributed by atoms with E-state index in [4.69, 9.17) is 5.11 Å². The molecule has 1 fully saturated rings. The molecule has 2 nitrogen and oxygen atoms in total. The van der Waals surface area contributed by atoms with E-state index in [2.05, 4.69) is 20.4 Å². The van der Waals surface area contributed by atoms with E-state index in [1.165, 1.54) is 12.0 Å². The molecule has 0 aromatic carbocycles. The molecule has 0 aromatic rings. The minimum atomic E-state index is 0.243. The second-order valence-corrected chi connectivity index (χ2v) is 6.13. The fourth-order valence-corrected chi connectivity index (χ4v) is 3.12. The predicted molar refractivity (Wildman–Crippen MR) is 70.8 cm³/mol. The van der Waals surface area contributed by atoms with Gasteiger partial charge in [0.25, 0.3) is 0 Å². The van der Waals surface area contributed by atoms with Crippen LogP contribution in [0.2, 0.25) is 0 Å². The number of Topliss-reactive ketones (excluding diaryl/α,β-unsaturated/α-hetero) is 1. The van der Waals surface area contributed by atoms with Gasteiger partial charge in [-0.05, 0) is 49.9 Å². The molecule has 0 radical (unpaired) electrons. The van der Waals surface area contributed by atoms with E-state index < -0.39 is 0 Å². The van der Waals surface area contributed by atoms with Gasteiger partial charge >= 0.3 is 0 Å². The minimum absolute atomic E-state index is 0.243. The van der Waals surface area contributed by atoms with E-state index >= 15 is 0 Å². The molecule has 0 aromatic heterocycles. The van der Waals surface area contributed by atoms with Crippen molar-refractivity contribution in [3.05, 3.63) is 12.2 Å². The van der Waals surface area contributed by atoms with E-state index in [9.17, 15) is 4.79 Å². The van der Waals surface area contributed by atoms with Crippen molar-refractivity contribution in [2.45, 2.75) is 52.9 Å². The van der Waals surface area contributed by atoms with Crippen LogP contribution in [-0.4, -0.2) is 17.5 Å². The van der Waals surface area contributed by atoms with Crippen molar-refractivity contribution in [3.8, 4) is 0 Å². The lowest BCUT2D eigenvalue weighted by molar-refractivity contribution is -0.118. The molecule has 0 bridgehead atoms. The quantitative estimate of drug-likeness (QED) is 0.691. The van der Waals surface area contributed by atoms with Gasteiger partial charge in [0.2, 0.25) is 0 Å². The molecule has 0 heterocycles. The highest BCUT2D eigenvalue weighted by Gasteiger charge is 2.47. The topological polar surface area (TPSA) is 37.3 Å². The van der Waals surface area contributed by atoms with Gasteiger partial charge in [-0.15, -0.1) is 0 Å². The Labute approximate surface area is 105 Å². The van der Waals surface area contributed by atoms with Crippen LogP contribution >= 0.6 is 0 Å². The fourth-order valence-electron chi connectivity index (χ4n) is 3.12. The first-order valence-electron chi connectivity index (χ1n) is 6.66. The van der Waals surface area contributed by atoms with Crippen LogP contribution < -0.4 is 0 Å². The average molecular weight is 238 g/mol.